The number of carbonyl (C=O) groups is 1. The minimum absolute atomic E-state index is 0.458. The summed E-state index contributed by atoms with van der Waals surface area (Å²) < 4.78 is 0. The molecule has 1 aliphatic carbocycles. The molecule has 0 bridgehead atoms. The molecule has 1 aliphatic rings. The average Bonchev–Trinajstić information content (AvgIpc) is 2.05. The summed E-state index contributed by atoms with van der Waals surface area (Å²) in [7, 11) is 1.76. The van der Waals surface area contributed by atoms with Gasteiger partial charge in [-0.1, -0.05) is 24.3 Å². The number of nitrogens with one attached hydrogen (secondary N) is 1. The summed E-state index contributed by atoms with van der Waals surface area (Å²) in [5, 5.41) is 11.9. The molecule has 66 valence electrons. The molecule has 0 aromatic heterocycles. The van der Waals surface area contributed by atoms with Gasteiger partial charge in [0.2, 0.25) is 0 Å². The van der Waals surface area contributed by atoms with E-state index in [1.54, 1.807) is 19.2 Å². The predicted molar refractivity (Wildman–Crippen MR) is 46.9 cm³/mol. The summed E-state index contributed by atoms with van der Waals surface area (Å²) in [4.78, 5) is 10.8. The Hall–Kier alpha value is -1.09. The summed E-state index contributed by atoms with van der Waals surface area (Å²) in [5.74, 6) is -1.28. The van der Waals surface area contributed by atoms with Gasteiger partial charge in [-0.15, -0.1) is 0 Å². The Bertz CT molecular complexity index is 245. The van der Waals surface area contributed by atoms with Crippen LogP contribution in [0.4, 0.5) is 0 Å². The number of hydrogen-bond acceptors (Lipinski definition) is 2. The Morgan fingerprint density at radius 3 is 2.67 bits per heavy atom. The SMILES string of the molecule is CNC1(C)C=CC=CC1C(=O)O. The molecule has 0 radical (unpaired) electrons. The lowest BCUT2D eigenvalue weighted by atomic mass is 9.82. The minimum Gasteiger partial charge on any atom is -0.481 e. The van der Waals surface area contributed by atoms with Crippen LogP contribution in [0.15, 0.2) is 24.3 Å². The van der Waals surface area contributed by atoms with E-state index in [9.17, 15) is 4.79 Å². The van der Waals surface area contributed by atoms with Gasteiger partial charge in [0, 0.05) is 0 Å². The number of carboxylic acids is 1. The van der Waals surface area contributed by atoms with Crippen LogP contribution in [0.1, 0.15) is 6.92 Å². The number of carboxylic acid groups (broad SMARTS) is 1. The Balaban J connectivity index is 2.92. The van der Waals surface area contributed by atoms with Crippen LogP contribution in [-0.2, 0) is 4.79 Å². The fourth-order valence-corrected chi connectivity index (χ4v) is 1.31. The van der Waals surface area contributed by atoms with Crippen LogP contribution in [0.3, 0.4) is 0 Å². The normalized spacial score (nSPS) is 33.7. The first-order chi connectivity index (χ1) is 5.60. The lowest BCUT2D eigenvalue weighted by Crippen LogP contribution is -2.48. The summed E-state index contributed by atoms with van der Waals surface area (Å²) >= 11 is 0. The zero-order chi connectivity index (χ0) is 9.19. The first-order valence-electron chi connectivity index (χ1n) is 3.88. The first-order valence-corrected chi connectivity index (χ1v) is 3.88. The highest BCUT2D eigenvalue weighted by Gasteiger charge is 2.34. The Morgan fingerprint density at radius 2 is 2.25 bits per heavy atom. The molecule has 0 heterocycles. The molecule has 0 amide bonds. The standard InChI is InChI=1S/C9H13NO2/c1-9(10-2)6-4-3-5-7(9)8(11)12/h3-7,10H,1-2H3,(H,11,12). The van der Waals surface area contributed by atoms with Crippen LogP contribution in [0.2, 0.25) is 0 Å². The Labute approximate surface area is 71.8 Å². The number of allylic oxidation sites excluding steroid dienone is 2. The van der Waals surface area contributed by atoms with Crippen molar-refractivity contribution in [3.63, 3.8) is 0 Å². The van der Waals surface area contributed by atoms with Crippen molar-refractivity contribution in [3.8, 4) is 0 Å². The molecule has 0 aliphatic heterocycles. The molecular weight excluding hydrogens is 154 g/mol. The first kappa shape index (κ1) is 9.00. The molecular formula is C9H13NO2. The van der Waals surface area contributed by atoms with Gasteiger partial charge in [0.05, 0.1) is 11.5 Å². The molecule has 0 aromatic rings. The van der Waals surface area contributed by atoms with Crippen molar-refractivity contribution in [2.24, 2.45) is 5.92 Å². The lowest BCUT2D eigenvalue weighted by molar-refractivity contribution is -0.141. The topological polar surface area (TPSA) is 49.3 Å². The van der Waals surface area contributed by atoms with Crippen molar-refractivity contribution < 1.29 is 9.90 Å². The molecule has 0 spiro atoms. The zero-order valence-electron chi connectivity index (χ0n) is 7.24. The fraction of sp³-hybridized carbons (Fsp3) is 0.444. The average molecular weight is 167 g/mol. The van der Waals surface area contributed by atoms with Gasteiger partial charge in [-0.3, -0.25) is 4.79 Å². The van der Waals surface area contributed by atoms with E-state index in [0.717, 1.165) is 0 Å². The van der Waals surface area contributed by atoms with Crippen LogP contribution in [0.5, 0.6) is 0 Å². The number of hydrogen-bond donors (Lipinski definition) is 2. The largest absolute Gasteiger partial charge is 0.481 e. The smallest absolute Gasteiger partial charge is 0.312 e. The highest BCUT2D eigenvalue weighted by molar-refractivity contribution is 5.75. The van der Waals surface area contributed by atoms with E-state index in [-0.39, 0.29) is 0 Å². The maximum Gasteiger partial charge on any atom is 0.312 e. The van der Waals surface area contributed by atoms with Gasteiger partial charge in [-0.25, -0.2) is 0 Å². The van der Waals surface area contributed by atoms with E-state index in [2.05, 4.69) is 5.32 Å². The van der Waals surface area contributed by atoms with Crippen molar-refractivity contribution in [2.45, 2.75) is 12.5 Å². The summed E-state index contributed by atoms with van der Waals surface area (Å²) in [6.45, 7) is 1.87. The maximum absolute atomic E-state index is 10.8. The monoisotopic (exact) mass is 167 g/mol. The molecule has 3 nitrogen and oxygen atoms in total. The van der Waals surface area contributed by atoms with Crippen LogP contribution < -0.4 is 5.32 Å². The van der Waals surface area contributed by atoms with Gasteiger partial charge in [0.15, 0.2) is 0 Å². The van der Waals surface area contributed by atoms with Crippen molar-refractivity contribution >= 4 is 5.97 Å². The molecule has 2 atom stereocenters. The van der Waals surface area contributed by atoms with Gasteiger partial charge in [0.25, 0.3) is 0 Å². The van der Waals surface area contributed by atoms with E-state index >= 15 is 0 Å². The van der Waals surface area contributed by atoms with E-state index in [1.807, 2.05) is 19.1 Å². The number of likely N-dealkylation sites (N-methyl/N-ethyl adjacent to an activating group) is 1. The predicted octanol–water partition coefficient (Wildman–Crippen LogP) is 0.791. The third-order valence-corrected chi connectivity index (χ3v) is 2.31. The fourth-order valence-electron chi connectivity index (χ4n) is 1.31. The molecule has 0 aromatic carbocycles. The molecule has 2 unspecified atom stereocenters. The van der Waals surface area contributed by atoms with E-state index < -0.39 is 17.4 Å². The molecule has 12 heavy (non-hydrogen) atoms. The second kappa shape index (κ2) is 3.11. The summed E-state index contributed by atoms with van der Waals surface area (Å²) in [6, 6.07) is 0. The zero-order valence-corrected chi connectivity index (χ0v) is 7.24. The van der Waals surface area contributed by atoms with Crippen LogP contribution in [-0.4, -0.2) is 23.7 Å². The third-order valence-electron chi connectivity index (χ3n) is 2.31. The molecule has 0 saturated carbocycles. The second-order valence-corrected chi connectivity index (χ2v) is 3.09. The Morgan fingerprint density at radius 1 is 1.58 bits per heavy atom. The van der Waals surface area contributed by atoms with E-state index in [1.165, 1.54) is 0 Å². The van der Waals surface area contributed by atoms with Crippen molar-refractivity contribution in [1.82, 2.24) is 5.32 Å². The van der Waals surface area contributed by atoms with Crippen molar-refractivity contribution in [1.29, 1.82) is 0 Å². The maximum atomic E-state index is 10.8. The molecule has 2 N–H and O–H groups in total. The quantitative estimate of drug-likeness (QED) is 0.639. The molecule has 3 heteroatoms. The molecule has 0 fully saturated rings. The van der Waals surface area contributed by atoms with Gasteiger partial charge in [0.1, 0.15) is 0 Å². The highest BCUT2D eigenvalue weighted by Crippen LogP contribution is 2.23. The summed E-state index contributed by atoms with van der Waals surface area (Å²) in [5.41, 5.74) is -0.458. The van der Waals surface area contributed by atoms with Gasteiger partial charge in [-0.05, 0) is 14.0 Å². The van der Waals surface area contributed by atoms with Crippen LogP contribution in [0.25, 0.3) is 0 Å². The van der Waals surface area contributed by atoms with Gasteiger partial charge >= 0.3 is 5.97 Å². The minimum atomic E-state index is -0.799. The summed E-state index contributed by atoms with van der Waals surface area (Å²) in [6.07, 6.45) is 7.18. The number of rotatable bonds is 2. The lowest BCUT2D eigenvalue weighted by Gasteiger charge is -2.31. The van der Waals surface area contributed by atoms with Gasteiger partial charge < -0.3 is 10.4 Å². The van der Waals surface area contributed by atoms with Crippen molar-refractivity contribution in [2.75, 3.05) is 7.05 Å². The molecule has 0 saturated heterocycles. The number of aliphatic carboxylic acids is 1. The van der Waals surface area contributed by atoms with Crippen LogP contribution >= 0.6 is 0 Å². The molecule has 1 rings (SSSR count). The Kier molecular flexibility index (Phi) is 2.33. The highest BCUT2D eigenvalue weighted by atomic mass is 16.4. The second-order valence-electron chi connectivity index (χ2n) is 3.09. The van der Waals surface area contributed by atoms with E-state index in [0.29, 0.717) is 0 Å². The van der Waals surface area contributed by atoms with Crippen LogP contribution in [0, 0.1) is 5.92 Å². The third kappa shape index (κ3) is 1.41. The van der Waals surface area contributed by atoms with Crippen molar-refractivity contribution in [3.05, 3.63) is 24.3 Å². The van der Waals surface area contributed by atoms with E-state index in [4.69, 9.17) is 5.11 Å². The van der Waals surface area contributed by atoms with Gasteiger partial charge in [-0.2, -0.15) is 0 Å².